The van der Waals surface area contributed by atoms with E-state index in [0.717, 1.165) is 4.90 Å². The second-order valence-corrected chi connectivity index (χ2v) is 5.30. The summed E-state index contributed by atoms with van der Waals surface area (Å²) in [6.45, 7) is 4.10. The summed E-state index contributed by atoms with van der Waals surface area (Å²) >= 11 is 0. The van der Waals surface area contributed by atoms with Crippen LogP contribution in [0.4, 0.5) is 0 Å². The van der Waals surface area contributed by atoms with Crippen LogP contribution < -0.4 is 0 Å². The van der Waals surface area contributed by atoms with Crippen molar-refractivity contribution in [2.24, 2.45) is 0 Å². The fourth-order valence-electron chi connectivity index (χ4n) is 1.26. The lowest BCUT2D eigenvalue weighted by atomic mass is 10.2. The van der Waals surface area contributed by atoms with Crippen molar-refractivity contribution in [1.29, 1.82) is 0 Å². The predicted octanol–water partition coefficient (Wildman–Crippen LogP) is 3.73. The van der Waals surface area contributed by atoms with Gasteiger partial charge in [-0.25, -0.2) is 0 Å². The number of benzene rings is 2. The van der Waals surface area contributed by atoms with Crippen LogP contribution >= 0.6 is 0 Å². The quantitative estimate of drug-likeness (QED) is 0.749. The Balaban J connectivity index is 0.000000181. The summed E-state index contributed by atoms with van der Waals surface area (Å²) in [5.74, 6) is 0. The first-order valence-electron chi connectivity index (χ1n) is 5.51. The van der Waals surface area contributed by atoms with Crippen molar-refractivity contribution >= 4 is 10.8 Å². The molecule has 1 unspecified atom stereocenters. The fraction of sp³-hybridized carbons (Fsp3) is 0.200. The third kappa shape index (κ3) is 5.45. The van der Waals surface area contributed by atoms with Gasteiger partial charge in [0.15, 0.2) is 0 Å². The molecule has 0 bridgehead atoms. The molecule has 2 aromatic carbocycles. The van der Waals surface area contributed by atoms with Gasteiger partial charge in [-0.3, -0.25) is 4.21 Å². The maximum Gasteiger partial charge on any atom is 0.0498 e. The SMILES string of the molecule is Cc1ccc(S(C)=O)cc1.Cc1ccccc1. The molecule has 1 nitrogen and oxygen atoms in total. The Morgan fingerprint density at radius 3 is 1.59 bits per heavy atom. The van der Waals surface area contributed by atoms with Gasteiger partial charge in [-0.2, -0.15) is 0 Å². The lowest BCUT2D eigenvalue weighted by Gasteiger charge is -1.94. The van der Waals surface area contributed by atoms with Gasteiger partial charge in [-0.05, 0) is 26.0 Å². The van der Waals surface area contributed by atoms with Crippen LogP contribution in [-0.2, 0) is 10.8 Å². The maximum atomic E-state index is 10.9. The van der Waals surface area contributed by atoms with Gasteiger partial charge < -0.3 is 0 Å². The van der Waals surface area contributed by atoms with Crippen LogP contribution in [0.2, 0.25) is 0 Å². The molecule has 0 aromatic heterocycles. The Morgan fingerprint density at radius 1 is 0.765 bits per heavy atom. The van der Waals surface area contributed by atoms with Gasteiger partial charge in [-0.15, -0.1) is 0 Å². The molecule has 1 atom stereocenters. The van der Waals surface area contributed by atoms with Gasteiger partial charge in [0.1, 0.15) is 0 Å². The fourth-order valence-corrected chi connectivity index (χ4v) is 1.78. The molecule has 2 heteroatoms. The van der Waals surface area contributed by atoms with Crippen molar-refractivity contribution in [2.45, 2.75) is 18.7 Å². The molecule has 0 saturated carbocycles. The molecule has 2 rings (SSSR count). The van der Waals surface area contributed by atoms with E-state index >= 15 is 0 Å². The molecule has 0 spiro atoms. The summed E-state index contributed by atoms with van der Waals surface area (Å²) in [5, 5.41) is 0. The lowest BCUT2D eigenvalue weighted by Crippen LogP contribution is -1.85. The van der Waals surface area contributed by atoms with Crippen molar-refractivity contribution in [3.8, 4) is 0 Å². The van der Waals surface area contributed by atoms with E-state index in [1.54, 1.807) is 6.26 Å². The second-order valence-electron chi connectivity index (χ2n) is 3.92. The molecule has 0 aliphatic heterocycles. The first-order valence-corrected chi connectivity index (χ1v) is 7.07. The molecule has 0 saturated heterocycles. The average Bonchev–Trinajstić information content (AvgIpc) is 2.31. The zero-order valence-electron chi connectivity index (χ0n) is 10.5. The minimum absolute atomic E-state index is 0.837. The predicted molar refractivity (Wildman–Crippen MR) is 74.7 cm³/mol. The van der Waals surface area contributed by atoms with E-state index in [2.05, 4.69) is 19.1 Å². The lowest BCUT2D eigenvalue weighted by molar-refractivity contribution is 0.687. The average molecular weight is 246 g/mol. The molecule has 0 fully saturated rings. The zero-order valence-corrected chi connectivity index (χ0v) is 11.3. The summed E-state index contributed by atoms with van der Waals surface area (Å²) in [6, 6.07) is 18.0. The van der Waals surface area contributed by atoms with E-state index in [1.165, 1.54) is 11.1 Å². The molecular weight excluding hydrogens is 228 g/mol. The van der Waals surface area contributed by atoms with Crippen LogP contribution in [0.5, 0.6) is 0 Å². The van der Waals surface area contributed by atoms with E-state index in [1.807, 2.05) is 49.4 Å². The largest absolute Gasteiger partial charge is 0.255 e. The number of aryl methyl sites for hydroxylation is 2. The maximum absolute atomic E-state index is 10.9. The third-order valence-corrected chi connectivity index (χ3v) is 3.23. The van der Waals surface area contributed by atoms with Crippen molar-refractivity contribution in [2.75, 3.05) is 6.26 Å². The van der Waals surface area contributed by atoms with E-state index in [4.69, 9.17) is 0 Å². The molecule has 0 radical (unpaired) electrons. The third-order valence-electron chi connectivity index (χ3n) is 2.29. The molecule has 0 N–H and O–H groups in total. The second kappa shape index (κ2) is 7.02. The van der Waals surface area contributed by atoms with Gasteiger partial charge >= 0.3 is 0 Å². The molecule has 17 heavy (non-hydrogen) atoms. The topological polar surface area (TPSA) is 17.1 Å². The zero-order chi connectivity index (χ0) is 12.7. The van der Waals surface area contributed by atoms with Crippen molar-refractivity contribution in [3.63, 3.8) is 0 Å². The minimum atomic E-state index is -0.837. The van der Waals surface area contributed by atoms with Gasteiger partial charge in [0.05, 0.1) is 0 Å². The van der Waals surface area contributed by atoms with E-state index < -0.39 is 10.8 Å². The molecule has 2 aromatic rings. The van der Waals surface area contributed by atoms with Gasteiger partial charge in [0, 0.05) is 22.0 Å². The Bertz CT molecular complexity index is 460. The summed E-state index contributed by atoms with van der Waals surface area (Å²) in [6.07, 6.45) is 1.69. The first kappa shape index (κ1) is 13.7. The highest BCUT2D eigenvalue weighted by atomic mass is 32.2. The van der Waals surface area contributed by atoms with Gasteiger partial charge in [-0.1, -0.05) is 53.6 Å². The van der Waals surface area contributed by atoms with Crippen LogP contribution in [0.15, 0.2) is 59.5 Å². The minimum Gasteiger partial charge on any atom is -0.255 e. The van der Waals surface area contributed by atoms with Crippen LogP contribution in [0.3, 0.4) is 0 Å². The van der Waals surface area contributed by atoms with Crippen molar-refractivity contribution in [1.82, 2.24) is 0 Å². The summed E-state index contributed by atoms with van der Waals surface area (Å²) in [5.41, 5.74) is 2.52. The van der Waals surface area contributed by atoms with Gasteiger partial charge in [0.25, 0.3) is 0 Å². The van der Waals surface area contributed by atoms with E-state index in [-0.39, 0.29) is 0 Å². The van der Waals surface area contributed by atoms with Crippen LogP contribution in [0.1, 0.15) is 11.1 Å². The van der Waals surface area contributed by atoms with Crippen LogP contribution in [0, 0.1) is 13.8 Å². The van der Waals surface area contributed by atoms with E-state index in [9.17, 15) is 4.21 Å². The molecule has 0 aliphatic carbocycles. The molecule has 0 aliphatic rings. The van der Waals surface area contributed by atoms with Crippen LogP contribution in [-0.4, -0.2) is 10.5 Å². The Kier molecular flexibility index (Phi) is 5.64. The highest BCUT2D eigenvalue weighted by Crippen LogP contribution is 2.05. The molecular formula is C15H18OS. The number of hydrogen-bond acceptors (Lipinski definition) is 1. The standard InChI is InChI=1S/C8H10OS.C7H8/c1-7-3-5-8(6-4-7)10(2)9;1-7-5-3-2-4-6-7/h3-6H,1-2H3;2-6H,1H3. The Morgan fingerprint density at radius 2 is 1.24 bits per heavy atom. The monoisotopic (exact) mass is 246 g/mol. The molecule has 90 valence electrons. The summed E-state index contributed by atoms with van der Waals surface area (Å²) in [7, 11) is -0.837. The number of rotatable bonds is 1. The van der Waals surface area contributed by atoms with E-state index in [0.29, 0.717) is 0 Å². The van der Waals surface area contributed by atoms with Gasteiger partial charge in [0.2, 0.25) is 0 Å². The first-order chi connectivity index (χ1) is 8.09. The number of hydrogen-bond donors (Lipinski definition) is 0. The summed E-state index contributed by atoms with van der Waals surface area (Å²) < 4.78 is 10.9. The molecule has 0 heterocycles. The highest BCUT2D eigenvalue weighted by molar-refractivity contribution is 7.84. The Labute approximate surface area is 106 Å². The smallest absolute Gasteiger partial charge is 0.0498 e. The normalized spacial score (nSPS) is 11.2. The molecule has 0 amide bonds. The van der Waals surface area contributed by atoms with Crippen molar-refractivity contribution < 1.29 is 4.21 Å². The Hall–Kier alpha value is -1.41. The van der Waals surface area contributed by atoms with Crippen molar-refractivity contribution in [3.05, 3.63) is 65.7 Å². The summed E-state index contributed by atoms with van der Waals surface area (Å²) in [4.78, 5) is 0.894. The highest BCUT2D eigenvalue weighted by Gasteiger charge is 1.93. The van der Waals surface area contributed by atoms with Crippen LogP contribution in [0.25, 0.3) is 0 Å².